The first-order valence-corrected chi connectivity index (χ1v) is 7.69. The highest BCUT2D eigenvalue weighted by Gasteiger charge is 2.07. The minimum atomic E-state index is -0.295. The average Bonchev–Trinajstić information content (AvgIpc) is 3.03. The van der Waals surface area contributed by atoms with Crippen molar-refractivity contribution in [1.82, 2.24) is 5.32 Å². The Labute approximate surface area is 135 Å². The summed E-state index contributed by atoms with van der Waals surface area (Å²) in [6.07, 6.45) is 2.20. The van der Waals surface area contributed by atoms with E-state index < -0.39 is 0 Å². The third-order valence-electron chi connectivity index (χ3n) is 3.06. The molecule has 0 unspecified atom stereocenters. The number of carbonyl (C=O) groups excluding carboxylic acids is 1. The fourth-order valence-corrected chi connectivity index (χ4v) is 2.08. The van der Waals surface area contributed by atoms with Gasteiger partial charge in [-0.1, -0.05) is 6.07 Å². The molecule has 2 amide bonds. The second-order valence-corrected chi connectivity index (χ2v) is 4.76. The molecule has 2 N–H and O–H groups in total. The lowest BCUT2D eigenvalue weighted by Crippen LogP contribution is -2.30. The molecule has 2 aromatic rings. The molecule has 0 atom stereocenters. The van der Waals surface area contributed by atoms with Crippen molar-refractivity contribution >= 4 is 11.9 Å². The summed E-state index contributed by atoms with van der Waals surface area (Å²) >= 11 is 0. The summed E-state index contributed by atoms with van der Waals surface area (Å²) in [4.78, 5) is 11.7. The Morgan fingerprint density at radius 2 is 1.91 bits per heavy atom. The average molecular weight is 318 g/mol. The van der Waals surface area contributed by atoms with Crippen LogP contribution in [0.2, 0.25) is 0 Å². The van der Waals surface area contributed by atoms with Gasteiger partial charge in [-0.15, -0.1) is 0 Å². The van der Waals surface area contributed by atoms with Crippen LogP contribution < -0.4 is 20.1 Å². The van der Waals surface area contributed by atoms with Gasteiger partial charge in [-0.25, -0.2) is 4.79 Å². The Morgan fingerprint density at radius 3 is 2.61 bits per heavy atom. The quantitative estimate of drug-likeness (QED) is 0.782. The van der Waals surface area contributed by atoms with Crippen LogP contribution in [0, 0.1) is 0 Å². The summed E-state index contributed by atoms with van der Waals surface area (Å²) < 4.78 is 16.2. The molecule has 0 aliphatic rings. The molecule has 6 nitrogen and oxygen atoms in total. The van der Waals surface area contributed by atoms with Crippen LogP contribution in [0.5, 0.6) is 11.5 Å². The van der Waals surface area contributed by atoms with E-state index in [2.05, 4.69) is 10.6 Å². The first kappa shape index (κ1) is 16.7. The zero-order chi connectivity index (χ0) is 16.5. The van der Waals surface area contributed by atoms with Gasteiger partial charge in [0.2, 0.25) is 5.88 Å². The Hall–Kier alpha value is -2.63. The van der Waals surface area contributed by atoms with Gasteiger partial charge in [-0.3, -0.25) is 5.32 Å². The van der Waals surface area contributed by atoms with Gasteiger partial charge >= 0.3 is 6.03 Å². The molecular weight excluding hydrogens is 296 g/mol. The number of urea groups is 1. The van der Waals surface area contributed by atoms with E-state index in [0.717, 1.165) is 17.1 Å². The second kappa shape index (κ2) is 8.73. The molecule has 0 saturated heterocycles. The van der Waals surface area contributed by atoms with Crippen LogP contribution in [0.3, 0.4) is 0 Å². The van der Waals surface area contributed by atoms with E-state index in [1.165, 1.54) is 6.26 Å². The normalized spacial score (nSPS) is 10.2. The third kappa shape index (κ3) is 5.25. The number of hydrogen-bond acceptors (Lipinski definition) is 4. The number of carbonyl (C=O) groups is 1. The highest BCUT2D eigenvalue weighted by atomic mass is 16.5. The SMILES string of the molecule is CCOc1ccc(CCNC(=O)Nc2ccco2)cc1OCC. The minimum absolute atomic E-state index is 0.295. The largest absolute Gasteiger partial charge is 0.490 e. The van der Waals surface area contributed by atoms with Gasteiger partial charge in [0.1, 0.15) is 0 Å². The van der Waals surface area contributed by atoms with Crippen LogP contribution in [0.1, 0.15) is 19.4 Å². The molecule has 23 heavy (non-hydrogen) atoms. The van der Waals surface area contributed by atoms with Crippen molar-refractivity contribution in [3.05, 3.63) is 42.2 Å². The van der Waals surface area contributed by atoms with E-state index in [1.807, 2.05) is 32.0 Å². The van der Waals surface area contributed by atoms with Crippen molar-refractivity contribution in [3.8, 4) is 11.5 Å². The molecular formula is C17H22N2O4. The van der Waals surface area contributed by atoms with Gasteiger partial charge in [-0.05, 0) is 44.0 Å². The molecule has 124 valence electrons. The summed E-state index contributed by atoms with van der Waals surface area (Å²) in [5.74, 6) is 1.88. The summed E-state index contributed by atoms with van der Waals surface area (Å²) in [6.45, 7) is 5.54. The molecule has 0 saturated carbocycles. The maximum absolute atomic E-state index is 11.7. The van der Waals surface area contributed by atoms with E-state index in [-0.39, 0.29) is 6.03 Å². The highest BCUT2D eigenvalue weighted by Crippen LogP contribution is 2.28. The van der Waals surface area contributed by atoms with Crippen molar-refractivity contribution in [1.29, 1.82) is 0 Å². The van der Waals surface area contributed by atoms with Crippen LogP contribution in [-0.2, 0) is 6.42 Å². The molecule has 2 rings (SSSR count). The standard InChI is InChI=1S/C17H22N2O4/c1-3-21-14-8-7-13(12-15(14)22-4-2)9-10-18-17(20)19-16-6-5-11-23-16/h5-8,11-12H,3-4,9-10H2,1-2H3,(H2,18,19,20). The lowest BCUT2D eigenvalue weighted by atomic mass is 10.1. The lowest BCUT2D eigenvalue weighted by Gasteiger charge is -2.12. The first-order chi connectivity index (χ1) is 11.2. The number of anilines is 1. The number of nitrogens with one attached hydrogen (secondary N) is 2. The van der Waals surface area contributed by atoms with Crippen molar-refractivity contribution in [2.75, 3.05) is 25.1 Å². The van der Waals surface area contributed by atoms with Gasteiger partial charge in [0.15, 0.2) is 11.5 Å². The molecule has 0 spiro atoms. The molecule has 1 aromatic carbocycles. The van der Waals surface area contributed by atoms with Crippen LogP contribution in [0.25, 0.3) is 0 Å². The number of amides is 2. The number of ether oxygens (including phenoxy) is 2. The van der Waals surface area contributed by atoms with E-state index in [9.17, 15) is 4.79 Å². The number of hydrogen-bond donors (Lipinski definition) is 2. The monoisotopic (exact) mass is 318 g/mol. The van der Waals surface area contributed by atoms with Crippen molar-refractivity contribution in [2.45, 2.75) is 20.3 Å². The van der Waals surface area contributed by atoms with Crippen LogP contribution in [0.4, 0.5) is 10.7 Å². The fraction of sp³-hybridized carbons (Fsp3) is 0.353. The van der Waals surface area contributed by atoms with E-state index in [0.29, 0.717) is 32.1 Å². The third-order valence-corrected chi connectivity index (χ3v) is 3.06. The minimum Gasteiger partial charge on any atom is -0.490 e. The smallest absolute Gasteiger partial charge is 0.321 e. The number of furan rings is 1. The summed E-state index contributed by atoms with van der Waals surface area (Å²) in [5.41, 5.74) is 1.07. The summed E-state index contributed by atoms with van der Waals surface area (Å²) in [7, 11) is 0. The predicted molar refractivity (Wildman–Crippen MR) is 88.2 cm³/mol. The van der Waals surface area contributed by atoms with Crippen molar-refractivity contribution in [2.24, 2.45) is 0 Å². The van der Waals surface area contributed by atoms with Crippen molar-refractivity contribution in [3.63, 3.8) is 0 Å². The zero-order valence-corrected chi connectivity index (χ0v) is 13.4. The highest BCUT2D eigenvalue weighted by molar-refractivity contribution is 5.87. The van der Waals surface area contributed by atoms with Gasteiger partial charge in [-0.2, -0.15) is 0 Å². The molecule has 1 aromatic heterocycles. The molecule has 6 heteroatoms. The zero-order valence-electron chi connectivity index (χ0n) is 13.4. The molecule has 0 bridgehead atoms. The predicted octanol–water partition coefficient (Wildman–Crippen LogP) is 3.44. The molecule has 0 aliphatic carbocycles. The molecule has 1 heterocycles. The van der Waals surface area contributed by atoms with Crippen molar-refractivity contribution < 1.29 is 18.7 Å². The maximum Gasteiger partial charge on any atom is 0.321 e. The lowest BCUT2D eigenvalue weighted by molar-refractivity contribution is 0.251. The van der Waals surface area contributed by atoms with Crippen LogP contribution in [0.15, 0.2) is 41.0 Å². The summed E-state index contributed by atoms with van der Waals surface area (Å²) in [5, 5.41) is 5.38. The number of rotatable bonds is 8. The Bertz CT molecular complexity index is 611. The van der Waals surface area contributed by atoms with E-state index >= 15 is 0 Å². The van der Waals surface area contributed by atoms with E-state index in [4.69, 9.17) is 13.9 Å². The number of benzene rings is 1. The van der Waals surface area contributed by atoms with Gasteiger partial charge < -0.3 is 19.2 Å². The maximum atomic E-state index is 11.7. The Morgan fingerprint density at radius 1 is 1.13 bits per heavy atom. The molecule has 0 aliphatic heterocycles. The van der Waals surface area contributed by atoms with Gasteiger partial charge in [0, 0.05) is 12.6 Å². The van der Waals surface area contributed by atoms with Gasteiger partial charge in [0.25, 0.3) is 0 Å². The van der Waals surface area contributed by atoms with Gasteiger partial charge in [0.05, 0.1) is 19.5 Å². The molecule has 0 radical (unpaired) electrons. The first-order valence-electron chi connectivity index (χ1n) is 7.69. The van der Waals surface area contributed by atoms with Crippen LogP contribution >= 0.6 is 0 Å². The second-order valence-electron chi connectivity index (χ2n) is 4.76. The van der Waals surface area contributed by atoms with Crippen LogP contribution in [-0.4, -0.2) is 25.8 Å². The topological polar surface area (TPSA) is 72.7 Å². The van der Waals surface area contributed by atoms with E-state index in [1.54, 1.807) is 12.1 Å². The fourth-order valence-electron chi connectivity index (χ4n) is 2.08. The Kier molecular flexibility index (Phi) is 6.35. The Balaban J connectivity index is 1.85. The molecule has 0 fully saturated rings. The summed E-state index contributed by atoms with van der Waals surface area (Å²) in [6, 6.07) is 8.91.